The summed E-state index contributed by atoms with van der Waals surface area (Å²) in [6, 6.07) is 7.39. The van der Waals surface area contributed by atoms with Crippen LogP contribution < -0.4 is 10.2 Å². The van der Waals surface area contributed by atoms with Crippen LogP contribution in [-0.2, 0) is 0 Å². The zero-order valence-electron chi connectivity index (χ0n) is 14.6. The van der Waals surface area contributed by atoms with E-state index in [0.29, 0.717) is 10.6 Å². The van der Waals surface area contributed by atoms with Crippen LogP contribution in [0.5, 0.6) is 0 Å². The number of pyridine rings is 1. The van der Waals surface area contributed by atoms with E-state index in [1.54, 1.807) is 6.20 Å². The lowest BCUT2D eigenvalue weighted by molar-refractivity contribution is 0.102. The van der Waals surface area contributed by atoms with Gasteiger partial charge in [-0.1, -0.05) is 24.6 Å². The maximum atomic E-state index is 12.6. The van der Waals surface area contributed by atoms with E-state index in [2.05, 4.69) is 27.0 Å². The van der Waals surface area contributed by atoms with Crippen LogP contribution in [0, 0.1) is 6.92 Å². The summed E-state index contributed by atoms with van der Waals surface area (Å²) in [6.07, 6.45) is 3.42. The van der Waals surface area contributed by atoms with E-state index in [1.807, 2.05) is 37.4 Å². The van der Waals surface area contributed by atoms with Crippen LogP contribution in [-0.4, -0.2) is 48.5 Å². The van der Waals surface area contributed by atoms with Gasteiger partial charge in [0, 0.05) is 43.1 Å². The van der Waals surface area contributed by atoms with Gasteiger partial charge in [0.1, 0.15) is 0 Å². The Morgan fingerprint density at radius 1 is 1.24 bits per heavy atom. The van der Waals surface area contributed by atoms with Crippen molar-refractivity contribution in [1.29, 1.82) is 0 Å². The number of anilines is 2. The molecule has 1 fully saturated rings. The Hall–Kier alpha value is -2.11. The first-order chi connectivity index (χ1) is 12.1. The van der Waals surface area contributed by atoms with Crippen molar-refractivity contribution in [2.45, 2.75) is 13.8 Å². The van der Waals surface area contributed by atoms with Gasteiger partial charge in [0.05, 0.1) is 17.4 Å². The Morgan fingerprint density at radius 2 is 2.00 bits per heavy atom. The molecule has 1 aromatic carbocycles. The van der Waals surface area contributed by atoms with Crippen molar-refractivity contribution >= 4 is 28.9 Å². The Bertz CT molecular complexity index is 757. The monoisotopic (exact) mass is 358 g/mol. The second-order valence-corrected chi connectivity index (χ2v) is 6.63. The fourth-order valence-corrected chi connectivity index (χ4v) is 3.16. The van der Waals surface area contributed by atoms with E-state index < -0.39 is 0 Å². The molecule has 1 N–H and O–H groups in total. The van der Waals surface area contributed by atoms with Crippen LogP contribution >= 0.6 is 11.6 Å². The molecule has 0 bridgehead atoms. The van der Waals surface area contributed by atoms with Crippen molar-refractivity contribution < 1.29 is 4.79 Å². The number of benzene rings is 1. The quantitative estimate of drug-likeness (QED) is 0.909. The first-order valence-corrected chi connectivity index (χ1v) is 8.95. The van der Waals surface area contributed by atoms with Crippen molar-refractivity contribution in [2.24, 2.45) is 0 Å². The Morgan fingerprint density at radius 3 is 2.72 bits per heavy atom. The van der Waals surface area contributed by atoms with Crippen molar-refractivity contribution in [3.8, 4) is 0 Å². The molecule has 1 saturated heterocycles. The van der Waals surface area contributed by atoms with Gasteiger partial charge in [0.25, 0.3) is 5.91 Å². The van der Waals surface area contributed by atoms with Crippen LogP contribution in [0.4, 0.5) is 11.4 Å². The lowest BCUT2D eigenvalue weighted by atomic mass is 10.1. The third-order valence-corrected chi connectivity index (χ3v) is 5.10. The molecule has 132 valence electrons. The molecular weight excluding hydrogens is 336 g/mol. The fourth-order valence-electron chi connectivity index (χ4n) is 2.98. The minimum atomic E-state index is -0.174. The Balaban J connectivity index is 1.73. The summed E-state index contributed by atoms with van der Waals surface area (Å²) in [5.41, 5.74) is 3.12. The van der Waals surface area contributed by atoms with Crippen molar-refractivity contribution in [1.82, 2.24) is 9.88 Å². The number of rotatable bonds is 4. The molecule has 6 heteroatoms. The number of carbonyl (C=O) groups excluding carboxylic acids is 1. The topological polar surface area (TPSA) is 48.5 Å². The molecule has 0 spiro atoms. The third kappa shape index (κ3) is 4.11. The highest BCUT2D eigenvalue weighted by molar-refractivity contribution is 6.31. The number of hydrogen-bond donors (Lipinski definition) is 1. The van der Waals surface area contributed by atoms with Gasteiger partial charge in [0.2, 0.25) is 0 Å². The summed E-state index contributed by atoms with van der Waals surface area (Å²) in [4.78, 5) is 21.5. The van der Waals surface area contributed by atoms with E-state index in [9.17, 15) is 4.79 Å². The van der Waals surface area contributed by atoms with E-state index in [4.69, 9.17) is 11.6 Å². The summed E-state index contributed by atoms with van der Waals surface area (Å²) in [5, 5.41) is 3.56. The molecule has 0 aliphatic carbocycles. The van der Waals surface area contributed by atoms with Gasteiger partial charge in [-0.3, -0.25) is 9.78 Å². The number of nitrogens with one attached hydrogen (secondary N) is 1. The number of piperazine rings is 1. The molecule has 0 radical (unpaired) electrons. The lowest BCUT2D eigenvalue weighted by Gasteiger charge is -2.35. The van der Waals surface area contributed by atoms with Gasteiger partial charge in [0.15, 0.2) is 0 Å². The van der Waals surface area contributed by atoms with Crippen LogP contribution in [0.25, 0.3) is 0 Å². The molecule has 0 saturated carbocycles. The molecule has 1 aliphatic heterocycles. The summed E-state index contributed by atoms with van der Waals surface area (Å²) < 4.78 is 0. The first kappa shape index (κ1) is 17.7. The summed E-state index contributed by atoms with van der Waals surface area (Å²) >= 11 is 6.12. The highest BCUT2D eigenvalue weighted by Gasteiger charge is 2.17. The number of nitrogens with zero attached hydrogens (tertiary/aromatic N) is 3. The largest absolute Gasteiger partial charge is 0.368 e. The number of carbonyl (C=O) groups is 1. The van der Waals surface area contributed by atoms with E-state index in [0.717, 1.165) is 49.7 Å². The zero-order valence-corrected chi connectivity index (χ0v) is 15.4. The number of aromatic nitrogens is 1. The lowest BCUT2D eigenvalue weighted by Crippen LogP contribution is -2.46. The second-order valence-electron chi connectivity index (χ2n) is 6.22. The summed E-state index contributed by atoms with van der Waals surface area (Å²) in [5.74, 6) is -0.174. The van der Waals surface area contributed by atoms with Gasteiger partial charge in [-0.25, -0.2) is 0 Å². The van der Waals surface area contributed by atoms with Crippen molar-refractivity contribution in [3.05, 3.63) is 52.8 Å². The fraction of sp³-hybridized carbons (Fsp3) is 0.368. The molecule has 2 aromatic rings. The highest BCUT2D eigenvalue weighted by atomic mass is 35.5. The van der Waals surface area contributed by atoms with Crippen molar-refractivity contribution in [3.63, 3.8) is 0 Å². The standard InChI is InChI=1S/C19H23ClN4O/c1-3-23-7-9-24(10-8-23)16-11-15(12-21-13-16)19(25)22-18-6-4-5-17(20)14(18)2/h4-6,11-13H,3,7-10H2,1-2H3,(H,22,25). The van der Waals surface area contributed by atoms with Crippen molar-refractivity contribution in [2.75, 3.05) is 42.9 Å². The molecule has 0 atom stereocenters. The maximum Gasteiger partial charge on any atom is 0.257 e. The molecule has 2 heterocycles. The molecule has 1 aromatic heterocycles. The predicted octanol–water partition coefficient (Wildman–Crippen LogP) is 3.44. The Kier molecular flexibility index (Phi) is 5.56. The maximum absolute atomic E-state index is 12.6. The summed E-state index contributed by atoms with van der Waals surface area (Å²) in [7, 11) is 0. The number of hydrogen-bond acceptors (Lipinski definition) is 4. The van der Waals surface area contributed by atoms with Gasteiger partial charge in [-0.2, -0.15) is 0 Å². The third-order valence-electron chi connectivity index (χ3n) is 4.69. The average molecular weight is 359 g/mol. The number of likely N-dealkylation sites (N-methyl/N-ethyl adjacent to an activating group) is 1. The van der Waals surface area contributed by atoms with Gasteiger partial charge in [-0.05, 0) is 37.2 Å². The first-order valence-electron chi connectivity index (χ1n) is 8.57. The second kappa shape index (κ2) is 7.85. The van der Waals surface area contributed by atoms with Crippen LogP contribution in [0.2, 0.25) is 5.02 Å². The minimum Gasteiger partial charge on any atom is -0.368 e. The predicted molar refractivity (Wildman–Crippen MR) is 103 cm³/mol. The smallest absolute Gasteiger partial charge is 0.257 e. The Labute approximate surface area is 153 Å². The van der Waals surface area contributed by atoms with Crippen LogP contribution in [0.15, 0.2) is 36.7 Å². The molecule has 5 nitrogen and oxygen atoms in total. The van der Waals surface area contributed by atoms with E-state index in [-0.39, 0.29) is 5.91 Å². The number of amides is 1. The van der Waals surface area contributed by atoms with Crippen LogP contribution in [0.1, 0.15) is 22.8 Å². The molecular formula is C19H23ClN4O. The van der Waals surface area contributed by atoms with Gasteiger partial charge in [-0.15, -0.1) is 0 Å². The van der Waals surface area contributed by atoms with Gasteiger partial charge >= 0.3 is 0 Å². The SMILES string of the molecule is CCN1CCN(c2cncc(C(=O)Nc3cccc(Cl)c3C)c2)CC1. The average Bonchev–Trinajstić information content (AvgIpc) is 2.65. The minimum absolute atomic E-state index is 0.174. The molecule has 25 heavy (non-hydrogen) atoms. The molecule has 1 amide bonds. The molecule has 0 unspecified atom stereocenters. The molecule has 1 aliphatic rings. The number of halogens is 1. The highest BCUT2D eigenvalue weighted by Crippen LogP contribution is 2.24. The zero-order chi connectivity index (χ0) is 17.8. The summed E-state index contributed by atoms with van der Waals surface area (Å²) in [6.45, 7) is 9.12. The van der Waals surface area contributed by atoms with E-state index >= 15 is 0 Å². The van der Waals surface area contributed by atoms with Gasteiger partial charge < -0.3 is 15.1 Å². The van der Waals surface area contributed by atoms with E-state index in [1.165, 1.54) is 0 Å². The van der Waals surface area contributed by atoms with Crippen LogP contribution in [0.3, 0.4) is 0 Å². The molecule has 3 rings (SSSR count). The normalized spacial score (nSPS) is 15.2.